The fourth-order valence-corrected chi connectivity index (χ4v) is 3.26. The molecule has 1 aliphatic rings. The van der Waals surface area contributed by atoms with E-state index in [9.17, 15) is 10.1 Å². The third-order valence-corrected chi connectivity index (χ3v) is 4.95. The Morgan fingerprint density at radius 2 is 1.88 bits per heavy atom. The predicted molar refractivity (Wildman–Crippen MR) is 104 cm³/mol. The molecule has 2 aromatic carbocycles. The van der Waals surface area contributed by atoms with Crippen molar-refractivity contribution in [1.82, 2.24) is 0 Å². The van der Waals surface area contributed by atoms with Gasteiger partial charge >= 0.3 is 0 Å². The van der Waals surface area contributed by atoms with E-state index in [4.69, 9.17) is 4.74 Å². The summed E-state index contributed by atoms with van der Waals surface area (Å²) in [6.07, 6.45) is 2.16. The average Bonchev–Trinajstić information content (AvgIpc) is 2.67. The third-order valence-electron chi connectivity index (χ3n) is 4.95. The number of anilines is 2. The van der Waals surface area contributed by atoms with E-state index in [0.29, 0.717) is 12.5 Å². The zero-order chi connectivity index (χ0) is 18.5. The van der Waals surface area contributed by atoms with Crippen molar-refractivity contribution in [3.63, 3.8) is 0 Å². The largest absolute Gasteiger partial charge is 0.497 e. The Morgan fingerprint density at radius 1 is 1.19 bits per heavy atom. The van der Waals surface area contributed by atoms with Crippen LogP contribution in [0, 0.1) is 16.0 Å². The van der Waals surface area contributed by atoms with E-state index in [1.54, 1.807) is 13.2 Å². The number of rotatable bonds is 6. The van der Waals surface area contributed by atoms with Crippen molar-refractivity contribution in [1.29, 1.82) is 0 Å². The number of nitro groups is 1. The van der Waals surface area contributed by atoms with Gasteiger partial charge in [-0.25, -0.2) is 0 Å². The molecule has 0 aromatic heterocycles. The second-order valence-electron chi connectivity index (χ2n) is 6.83. The number of nitrogens with zero attached hydrogens (tertiary/aromatic N) is 2. The Bertz CT molecular complexity index is 753. The maximum atomic E-state index is 11.6. The van der Waals surface area contributed by atoms with Crippen molar-refractivity contribution in [2.75, 3.05) is 30.4 Å². The number of methoxy groups -OCH3 is 1. The molecule has 6 heteroatoms. The summed E-state index contributed by atoms with van der Waals surface area (Å²) in [5.41, 5.74) is 2.76. The topological polar surface area (TPSA) is 67.6 Å². The van der Waals surface area contributed by atoms with Crippen molar-refractivity contribution in [3.8, 4) is 5.75 Å². The van der Waals surface area contributed by atoms with Gasteiger partial charge in [-0.15, -0.1) is 0 Å². The number of ether oxygens (including phenoxy) is 1. The van der Waals surface area contributed by atoms with Crippen molar-refractivity contribution >= 4 is 17.1 Å². The molecule has 1 N–H and O–H groups in total. The van der Waals surface area contributed by atoms with Crippen LogP contribution in [-0.2, 0) is 6.54 Å². The number of hydrogen-bond donors (Lipinski definition) is 1. The SMILES string of the molecule is COc1ccc(NCc2ccc(N3CCC(C)CC3)c([N+](=O)[O-])c2)cc1. The molecule has 1 aliphatic heterocycles. The Morgan fingerprint density at radius 3 is 2.50 bits per heavy atom. The van der Waals surface area contributed by atoms with Gasteiger partial charge < -0.3 is 15.0 Å². The minimum absolute atomic E-state index is 0.189. The molecule has 0 saturated carbocycles. The summed E-state index contributed by atoms with van der Waals surface area (Å²) >= 11 is 0. The van der Waals surface area contributed by atoms with Gasteiger partial charge in [0.25, 0.3) is 5.69 Å². The summed E-state index contributed by atoms with van der Waals surface area (Å²) in [6, 6.07) is 13.2. The molecule has 3 rings (SSSR count). The molecular formula is C20H25N3O3. The molecule has 0 atom stereocenters. The van der Waals surface area contributed by atoms with E-state index in [1.807, 2.05) is 36.4 Å². The molecule has 0 bridgehead atoms. The number of nitro benzene ring substituents is 1. The zero-order valence-electron chi connectivity index (χ0n) is 15.3. The van der Waals surface area contributed by atoms with Gasteiger partial charge in [-0.3, -0.25) is 10.1 Å². The number of hydrogen-bond acceptors (Lipinski definition) is 5. The molecule has 0 spiro atoms. The lowest BCUT2D eigenvalue weighted by Gasteiger charge is -2.31. The smallest absolute Gasteiger partial charge is 0.292 e. The maximum Gasteiger partial charge on any atom is 0.292 e. The van der Waals surface area contributed by atoms with Crippen LogP contribution in [0.5, 0.6) is 5.75 Å². The van der Waals surface area contributed by atoms with Crippen LogP contribution in [0.25, 0.3) is 0 Å². The van der Waals surface area contributed by atoms with Gasteiger partial charge in [0, 0.05) is 31.4 Å². The first-order valence-electron chi connectivity index (χ1n) is 8.97. The first-order chi connectivity index (χ1) is 12.6. The molecule has 0 amide bonds. The lowest BCUT2D eigenvalue weighted by molar-refractivity contribution is -0.384. The van der Waals surface area contributed by atoms with Crippen LogP contribution in [-0.4, -0.2) is 25.1 Å². The number of benzene rings is 2. The van der Waals surface area contributed by atoms with E-state index < -0.39 is 0 Å². The molecule has 1 saturated heterocycles. The van der Waals surface area contributed by atoms with Gasteiger partial charge in [-0.05, 0) is 54.7 Å². The van der Waals surface area contributed by atoms with Crippen molar-refractivity contribution in [2.45, 2.75) is 26.3 Å². The predicted octanol–water partition coefficient (Wildman–Crippen LogP) is 4.45. The van der Waals surface area contributed by atoms with Crippen LogP contribution >= 0.6 is 0 Å². The lowest BCUT2D eigenvalue weighted by Crippen LogP contribution is -2.33. The summed E-state index contributed by atoms with van der Waals surface area (Å²) in [6.45, 7) is 4.53. The summed E-state index contributed by atoms with van der Waals surface area (Å²) in [5.74, 6) is 1.49. The van der Waals surface area contributed by atoms with Gasteiger partial charge in [-0.1, -0.05) is 13.0 Å². The normalized spacial score (nSPS) is 14.9. The quantitative estimate of drug-likeness (QED) is 0.612. The summed E-state index contributed by atoms with van der Waals surface area (Å²) in [5, 5.41) is 14.9. The third kappa shape index (κ3) is 4.25. The highest BCUT2D eigenvalue weighted by Gasteiger charge is 2.23. The molecule has 138 valence electrons. The van der Waals surface area contributed by atoms with Crippen molar-refractivity contribution < 1.29 is 9.66 Å². The molecule has 1 fully saturated rings. The van der Waals surface area contributed by atoms with Crippen LogP contribution in [0.3, 0.4) is 0 Å². The van der Waals surface area contributed by atoms with E-state index in [1.165, 1.54) is 0 Å². The highest BCUT2D eigenvalue weighted by molar-refractivity contribution is 5.65. The first kappa shape index (κ1) is 18.0. The standard InChI is InChI=1S/C20H25N3O3/c1-15-9-11-22(12-10-15)19-8-3-16(13-20(19)23(24)25)14-21-17-4-6-18(26-2)7-5-17/h3-8,13,15,21H,9-12,14H2,1-2H3. The number of piperidine rings is 1. The molecule has 2 aromatic rings. The number of nitrogens with one attached hydrogen (secondary N) is 1. The van der Waals surface area contributed by atoms with Crippen LogP contribution in [0.4, 0.5) is 17.1 Å². The highest BCUT2D eigenvalue weighted by Crippen LogP contribution is 2.32. The van der Waals surface area contributed by atoms with Crippen molar-refractivity contribution in [2.24, 2.45) is 5.92 Å². The first-order valence-corrected chi connectivity index (χ1v) is 8.97. The minimum atomic E-state index is -0.274. The fraction of sp³-hybridized carbons (Fsp3) is 0.400. The second kappa shape index (κ2) is 8.08. The Hall–Kier alpha value is -2.76. The van der Waals surface area contributed by atoms with Gasteiger partial charge in [0.2, 0.25) is 0 Å². The fourth-order valence-electron chi connectivity index (χ4n) is 3.26. The second-order valence-corrected chi connectivity index (χ2v) is 6.83. The van der Waals surface area contributed by atoms with E-state index >= 15 is 0 Å². The van der Waals surface area contributed by atoms with Gasteiger partial charge in [0.15, 0.2) is 0 Å². The van der Waals surface area contributed by atoms with Crippen LogP contribution < -0.4 is 15.0 Å². The van der Waals surface area contributed by atoms with Gasteiger partial charge in [0.1, 0.15) is 11.4 Å². The van der Waals surface area contributed by atoms with Crippen LogP contribution in [0.15, 0.2) is 42.5 Å². The van der Waals surface area contributed by atoms with E-state index in [-0.39, 0.29) is 10.6 Å². The summed E-state index contributed by atoms with van der Waals surface area (Å²) in [4.78, 5) is 13.4. The summed E-state index contributed by atoms with van der Waals surface area (Å²) in [7, 11) is 1.63. The lowest BCUT2D eigenvalue weighted by atomic mass is 9.98. The molecule has 0 aliphatic carbocycles. The molecule has 1 heterocycles. The Balaban J connectivity index is 1.72. The molecule has 26 heavy (non-hydrogen) atoms. The van der Waals surface area contributed by atoms with E-state index in [0.717, 1.165) is 48.6 Å². The Labute approximate surface area is 153 Å². The Kier molecular flexibility index (Phi) is 5.61. The van der Waals surface area contributed by atoms with Gasteiger partial charge in [-0.2, -0.15) is 0 Å². The minimum Gasteiger partial charge on any atom is -0.497 e. The van der Waals surface area contributed by atoms with E-state index in [2.05, 4.69) is 17.1 Å². The molecule has 0 unspecified atom stereocenters. The molecular weight excluding hydrogens is 330 g/mol. The van der Waals surface area contributed by atoms with Crippen molar-refractivity contribution in [3.05, 3.63) is 58.1 Å². The maximum absolute atomic E-state index is 11.6. The monoisotopic (exact) mass is 355 g/mol. The molecule has 6 nitrogen and oxygen atoms in total. The molecule has 0 radical (unpaired) electrons. The zero-order valence-corrected chi connectivity index (χ0v) is 15.3. The van der Waals surface area contributed by atoms with Crippen LogP contribution in [0.1, 0.15) is 25.3 Å². The van der Waals surface area contributed by atoms with Gasteiger partial charge in [0.05, 0.1) is 12.0 Å². The van der Waals surface area contributed by atoms with Crippen LogP contribution in [0.2, 0.25) is 0 Å². The summed E-state index contributed by atoms with van der Waals surface area (Å²) < 4.78 is 5.14. The average molecular weight is 355 g/mol. The highest BCUT2D eigenvalue weighted by atomic mass is 16.6.